The Morgan fingerprint density at radius 1 is 1.27 bits per heavy atom. The number of H-pyrrole nitrogens is 1. The van der Waals surface area contributed by atoms with Gasteiger partial charge in [0.25, 0.3) is 5.56 Å². The average molecular weight is 338 g/mol. The second-order valence-electron chi connectivity index (χ2n) is 5.53. The molecule has 0 unspecified atom stereocenters. The third kappa shape index (κ3) is 1.92. The monoisotopic (exact) mass is 338 g/mol. The van der Waals surface area contributed by atoms with Gasteiger partial charge in [0, 0.05) is 0 Å². The number of rotatable bonds is 2. The molecule has 9 heteroatoms. The molecule has 22 heavy (non-hydrogen) atoms. The number of aromatic nitrogens is 4. The van der Waals surface area contributed by atoms with Crippen LogP contribution in [0.3, 0.4) is 0 Å². The lowest BCUT2D eigenvalue weighted by atomic mass is 10.0. The van der Waals surface area contributed by atoms with Crippen molar-refractivity contribution in [2.45, 2.75) is 42.4 Å². The first kappa shape index (κ1) is 13.9. The van der Waals surface area contributed by atoms with Gasteiger partial charge in [0.15, 0.2) is 5.65 Å². The SMILES string of the molecule is O=c1nc2c(S(=O)(=O)C3CCCCC3)n[nH]n2c2ccsc12. The van der Waals surface area contributed by atoms with Crippen LogP contribution in [0.1, 0.15) is 32.1 Å². The van der Waals surface area contributed by atoms with E-state index in [4.69, 9.17) is 0 Å². The lowest BCUT2D eigenvalue weighted by molar-refractivity contribution is 0.482. The van der Waals surface area contributed by atoms with Gasteiger partial charge in [-0.05, 0) is 24.3 Å². The fraction of sp³-hybridized carbons (Fsp3) is 0.462. The molecule has 116 valence electrons. The lowest BCUT2D eigenvalue weighted by Crippen LogP contribution is -2.25. The van der Waals surface area contributed by atoms with E-state index in [2.05, 4.69) is 15.3 Å². The van der Waals surface area contributed by atoms with Gasteiger partial charge >= 0.3 is 0 Å². The summed E-state index contributed by atoms with van der Waals surface area (Å²) in [4.78, 5) is 16.0. The summed E-state index contributed by atoms with van der Waals surface area (Å²) < 4.78 is 27.6. The van der Waals surface area contributed by atoms with Crippen LogP contribution in [0.15, 0.2) is 21.3 Å². The van der Waals surface area contributed by atoms with Crippen molar-refractivity contribution in [1.82, 2.24) is 19.8 Å². The largest absolute Gasteiger partial charge is 0.291 e. The second-order valence-corrected chi connectivity index (χ2v) is 8.59. The molecule has 0 atom stereocenters. The van der Waals surface area contributed by atoms with Crippen LogP contribution in [0.25, 0.3) is 15.9 Å². The molecule has 1 aliphatic carbocycles. The number of hydrogen-bond acceptors (Lipinski definition) is 6. The van der Waals surface area contributed by atoms with Crippen molar-refractivity contribution < 1.29 is 8.42 Å². The summed E-state index contributed by atoms with van der Waals surface area (Å²) in [5.41, 5.74) is 0.297. The van der Waals surface area contributed by atoms with Crippen LogP contribution in [0.4, 0.5) is 0 Å². The quantitative estimate of drug-likeness (QED) is 0.767. The standard InChI is InChI=1S/C13H14N4O3S2/c18-12-10-9(6-7-21-10)17-11(14-12)13(15-16-17)22(19,20)8-4-2-1-3-5-8/h6-8,16H,1-5H2. The Kier molecular flexibility index (Phi) is 3.08. The first-order valence-corrected chi connectivity index (χ1v) is 9.60. The van der Waals surface area contributed by atoms with Crippen molar-refractivity contribution in [3.63, 3.8) is 0 Å². The molecule has 0 aliphatic heterocycles. The summed E-state index contributed by atoms with van der Waals surface area (Å²) in [6.45, 7) is 0. The molecule has 0 spiro atoms. The van der Waals surface area contributed by atoms with Gasteiger partial charge < -0.3 is 0 Å². The Morgan fingerprint density at radius 3 is 2.82 bits per heavy atom. The maximum Gasteiger partial charge on any atom is 0.291 e. The first-order valence-electron chi connectivity index (χ1n) is 7.17. The van der Waals surface area contributed by atoms with Crippen molar-refractivity contribution in [2.75, 3.05) is 0 Å². The molecular formula is C13H14N4O3S2. The Hall–Kier alpha value is -1.74. The van der Waals surface area contributed by atoms with Crippen molar-refractivity contribution >= 4 is 37.0 Å². The van der Waals surface area contributed by atoms with E-state index >= 15 is 0 Å². The van der Waals surface area contributed by atoms with E-state index < -0.39 is 20.6 Å². The third-order valence-electron chi connectivity index (χ3n) is 4.20. The van der Waals surface area contributed by atoms with Crippen LogP contribution in [0, 0.1) is 0 Å². The minimum Gasteiger partial charge on any atom is -0.266 e. The normalized spacial score (nSPS) is 17.5. The molecule has 0 amide bonds. The zero-order valence-electron chi connectivity index (χ0n) is 11.7. The third-order valence-corrected chi connectivity index (χ3v) is 7.26. The highest BCUT2D eigenvalue weighted by molar-refractivity contribution is 7.92. The minimum atomic E-state index is -3.57. The van der Waals surface area contributed by atoms with Gasteiger partial charge in [-0.3, -0.25) is 4.79 Å². The number of fused-ring (bicyclic) bond motifs is 3. The number of sulfone groups is 1. The predicted molar refractivity (Wildman–Crippen MR) is 83.0 cm³/mol. The van der Waals surface area contributed by atoms with Gasteiger partial charge in [0.2, 0.25) is 14.9 Å². The highest BCUT2D eigenvalue weighted by Gasteiger charge is 2.33. The van der Waals surface area contributed by atoms with Crippen LogP contribution in [0.5, 0.6) is 0 Å². The van der Waals surface area contributed by atoms with Crippen LogP contribution < -0.4 is 5.56 Å². The molecule has 0 radical (unpaired) electrons. The molecule has 3 aromatic rings. The number of nitrogens with zero attached hydrogens (tertiary/aromatic N) is 3. The molecule has 0 saturated heterocycles. The molecule has 3 heterocycles. The minimum absolute atomic E-state index is 0.0986. The lowest BCUT2D eigenvalue weighted by Gasteiger charge is -2.20. The molecule has 4 rings (SSSR count). The van der Waals surface area contributed by atoms with Crippen molar-refractivity contribution in [1.29, 1.82) is 0 Å². The summed E-state index contributed by atoms with van der Waals surface area (Å²) in [7, 11) is -3.57. The molecule has 7 nitrogen and oxygen atoms in total. The van der Waals surface area contributed by atoms with Crippen molar-refractivity contribution in [2.24, 2.45) is 0 Å². The molecule has 3 aromatic heterocycles. The van der Waals surface area contributed by atoms with Gasteiger partial charge in [0.1, 0.15) is 4.70 Å². The van der Waals surface area contributed by atoms with E-state index in [0.717, 1.165) is 19.3 Å². The molecule has 1 N–H and O–H groups in total. The second kappa shape index (κ2) is 4.88. The van der Waals surface area contributed by atoms with E-state index in [-0.39, 0.29) is 10.7 Å². The van der Waals surface area contributed by atoms with Crippen molar-refractivity contribution in [3.05, 3.63) is 21.8 Å². The average Bonchev–Trinajstić information content (AvgIpc) is 3.14. The fourth-order valence-electron chi connectivity index (χ4n) is 3.06. The van der Waals surface area contributed by atoms with Crippen LogP contribution in [0.2, 0.25) is 0 Å². The van der Waals surface area contributed by atoms with E-state index in [1.165, 1.54) is 15.9 Å². The summed E-state index contributed by atoms with van der Waals surface area (Å²) in [6, 6.07) is 1.76. The van der Waals surface area contributed by atoms with Gasteiger partial charge in [-0.1, -0.05) is 19.3 Å². The number of hydrogen-bond donors (Lipinski definition) is 1. The molecule has 0 aromatic carbocycles. The highest BCUT2D eigenvalue weighted by Crippen LogP contribution is 2.29. The maximum absolute atomic E-state index is 12.8. The van der Waals surface area contributed by atoms with Gasteiger partial charge in [-0.15, -0.1) is 16.4 Å². The van der Waals surface area contributed by atoms with Crippen molar-refractivity contribution in [3.8, 4) is 0 Å². The molecule has 1 saturated carbocycles. The smallest absolute Gasteiger partial charge is 0.266 e. The van der Waals surface area contributed by atoms with Gasteiger partial charge in [-0.25, -0.2) is 18.1 Å². The van der Waals surface area contributed by atoms with Crippen LogP contribution >= 0.6 is 11.3 Å². The number of nitrogens with one attached hydrogen (secondary N) is 1. The summed E-state index contributed by atoms with van der Waals surface area (Å²) in [5.74, 6) is 0. The Bertz CT molecular complexity index is 1010. The number of aromatic amines is 1. The Labute approximate surface area is 129 Å². The topological polar surface area (TPSA) is 97.2 Å². The summed E-state index contributed by atoms with van der Waals surface area (Å²) in [5, 5.41) is 7.89. The first-order chi connectivity index (χ1) is 10.6. The van der Waals surface area contributed by atoms with E-state index in [9.17, 15) is 13.2 Å². The summed E-state index contributed by atoms with van der Waals surface area (Å²) >= 11 is 1.28. The summed E-state index contributed by atoms with van der Waals surface area (Å²) in [6.07, 6.45) is 4.18. The Balaban J connectivity index is 1.95. The van der Waals surface area contributed by atoms with E-state index in [1.807, 2.05) is 0 Å². The molecular weight excluding hydrogens is 324 g/mol. The van der Waals surface area contributed by atoms with Crippen LogP contribution in [-0.2, 0) is 9.84 Å². The maximum atomic E-state index is 12.8. The van der Waals surface area contributed by atoms with E-state index in [1.54, 1.807) is 11.4 Å². The van der Waals surface area contributed by atoms with Crippen LogP contribution in [-0.4, -0.2) is 33.5 Å². The zero-order chi connectivity index (χ0) is 15.3. The molecule has 1 aliphatic rings. The molecule has 0 bridgehead atoms. The fourth-order valence-corrected chi connectivity index (χ4v) is 5.65. The van der Waals surface area contributed by atoms with E-state index in [0.29, 0.717) is 23.1 Å². The molecule has 1 fully saturated rings. The zero-order valence-corrected chi connectivity index (χ0v) is 13.3. The Morgan fingerprint density at radius 2 is 2.05 bits per heavy atom. The number of thiophene rings is 1. The highest BCUT2D eigenvalue weighted by atomic mass is 32.2. The van der Waals surface area contributed by atoms with Gasteiger partial charge in [0.05, 0.1) is 10.8 Å². The van der Waals surface area contributed by atoms with Gasteiger partial charge in [-0.2, -0.15) is 4.98 Å². The predicted octanol–water partition coefficient (Wildman–Crippen LogP) is 1.74.